The molecule has 0 radical (unpaired) electrons. The molecule has 1 N–H and O–H groups in total. The van der Waals surface area contributed by atoms with Gasteiger partial charge in [0.1, 0.15) is 0 Å². The summed E-state index contributed by atoms with van der Waals surface area (Å²) in [6.07, 6.45) is 5.08. The predicted molar refractivity (Wildman–Crippen MR) is 45.3 cm³/mol. The van der Waals surface area contributed by atoms with Crippen LogP contribution in [0.2, 0.25) is 0 Å². The van der Waals surface area contributed by atoms with E-state index in [0.717, 1.165) is 0 Å². The minimum Gasteiger partial charge on any atom is -0.351 e. The third-order valence-corrected chi connectivity index (χ3v) is 0.406. The molecule has 3 nitrogen and oxygen atoms in total. The Labute approximate surface area is 71.1 Å². The molecule has 0 amide bonds. The molecule has 0 aliphatic rings. The number of nitriles is 1. The number of hydrogen-bond acceptors (Lipinski definition) is 2. The summed E-state index contributed by atoms with van der Waals surface area (Å²) in [6.45, 7) is 1.43. The third-order valence-electron chi connectivity index (χ3n) is 0.406. The number of aromatic amines is 1. The lowest BCUT2D eigenvalue weighted by molar-refractivity contribution is 1.31. The number of aromatic nitrogens is 2. The Kier molecular flexibility index (Phi) is 13.0. The van der Waals surface area contributed by atoms with E-state index in [0.29, 0.717) is 0 Å². The maximum absolute atomic E-state index is 7.32. The minimum atomic E-state index is 0. The number of halogens is 1. The number of rotatable bonds is 0. The van der Waals surface area contributed by atoms with Crippen LogP contribution in [0.25, 0.3) is 0 Å². The zero-order valence-corrected chi connectivity index (χ0v) is 7.37. The first-order valence-corrected chi connectivity index (χ1v) is 2.15. The largest absolute Gasteiger partial charge is 0.351 e. The maximum Gasteiger partial charge on any atom is 0.0919 e. The van der Waals surface area contributed by atoms with Gasteiger partial charge in [0.05, 0.1) is 12.4 Å². The molecule has 1 heterocycles. The molecule has 0 aromatic carbocycles. The van der Waals surface area contributed by atoms with Gasteiger partial charge in [-0.05, 0) is 0 Å². The van der Waals surface area contributed by atoms with Crippen molar-refractivity contribution in [2.24, 2.45) is 0 Å². The minimum absolute atomic E-state index is 0. The standard InChI is InChI=1S/C3H4N2.C2H3N.HI/c1-2-5-3-4-1;1-2-3;/h1-3H,(H,4,5);1H3;1H. The predicted octanol–water partition coefficient (Wildman–Crippen LogP) is 1.56. The fraction of sp³-hybridized carbons (Fsp3) is 0.200. The Balaban J connectivity index is 0. The van der Waals surface area contributed by atoms with Crippen molar-refractivity contribution in [3.63, 3.8) is 0 Å². The van der Waals surface area contributed by atoms with Crippen LogP contribution in [0.15, 0.2) is 18.7 Å². The molecule has 1 rings (SSSR count). The summed E-state index contributed by atoms with van der Waals surface area (Å²) in [6, 6.07) is 1.75. The molecule has 0 saturated heterocycles. The van der Waals surface area contributed by atoms with Gasteiger partial charge in [0, 0.05) is 19.3 Å². The second kappa shape index (κ2) is 10.4. The Bertz CT molecular complexity index is 125. The van der Waals surface area contributed by atoms with Crippen molar-refractivity contribution in [1.82, 2.24) is 9.97 Å². The highest BCUT2D eigenvalue weighted by Gasteiger charge is 1.56. The van der Waals surface area contributed by atoms with E-state index in [4.69, 9.17) is 5.26 Å². The summed E-state index contributed by atoms with van der Waals surface area (Å²) in [5.74, 6) is 0. The summed E-state index contributed by atoms with van der Waals surface area (Å²) in [4.78, 5) is 6.42. The van der Waals surface area contributed by atoms with Crippen LogP contribution in [0.1, 0.15) is 6.92 Å². The van der Waals surface area contributed by atoms with Gasteiger partial charge in [-0.25, -0.2) is 4.98 Å². The van der Waals surface area contributed by atoms with Crippen molar-refractivity contribution < 1.29 is 0 Å². The van der Waals surface area contributed by atoms with Gasteiger partial charge in [0.15, 0.2) is 0 Å². The summed E-state index contributed by atoms with van der Waals surface area (Å²) in [5.41, 5.74) is 0. The highest BCUT2D eigenvalue weighted by molar-refractivity contribution is 14.0. The molecule has 0 fully saturated rings. The van der Waals surface area contributed by atoms with Crippen molar-refractivity contribution in [2.45, 2.75) is 6.92 Å². The van der Waals surface area contributed by atoms with Gasteiger partial charge in [-0.15, -0.1) is 24.0 Å². The van der Waals surface area contributed by atoms with Crippen molar-refractivity contribution in [1.29, 1.82) is 5.26 Å². The molecule has 0 unspecified atom stereocenters. The number of hydrogen-bond donors (Lipinski definition) is 1. The first-order chi connectivity index (χ1) is 3.91. The fourth-order valence-electron chi connectivity index (χ4n) is 0.215. The fourth-order valence-corrected chi connectivity index (χ4v) is 0.215. The smallest absolute Gasteiger partial charge is 0.0919 e. The van der Waals surface area contributed by atoms with Gasteiger partial charge in [0.25, 0.3) is 0 Å². The Morgan fingerprint density at radius 3 is 2.33 bits per heavy atom. The average Bonchev–Trinajstić information content (AvgIpc) is 2.17. The van der Waals surface area contributed by atoms with E-state index in [-0.39, 0.29) is 24.0 Å². The molecule has 9 heavy (non-hydrogen) atoms. The first-order valence-electron chi connectivity index (χ1n) is 2.15. The quantitative estimate of drug-likeness (QED) is 0.696. The molecule has 1 aromatic heterocycles. The molecule has 0 aliphatic carbocycles. The second-order valence-corrected chi connectivity index (χ2v) is 0.984. The lowest BCUT2D eigenvalue weighted by atomic mass is 11.0. The maximum atomic E-state index is 7.32. The van der Waals surface area contributed by atoms with Crippen LogP contribution in [0.5, 0.6) is 0 Å². The van der Waals surface area contributed by atoms with Gasteiger partial charge >= 0.3 is 0 Å². The van der Waals surface area contributed by atoms with E-state index in [1.54, 1.807) is 24.8 Å². The van der Waals surface area contributed by atoms with E-state index < -0.39 is 0 Å². The van der Waals surface area contributed by atoms with E-state index in [1.165, 1.54) is 6.92 Å². The molecule has 0 aliphatic heterocycles. The lowest BCUT2D eigenvalue weighted by Gasteiger charge is -1.46. The topological polar surface area (TPSA) is 52.5 Å². The number of imidazole rings is 1. The van der Waals surface area contributed by atoms with Gasteiger partial charge in [-0.1, -0.05) is 0 Å². The molecule has 0 saturated carbocycles. The van der Waals surface area contributed by atoms with Gasteiger partial charge in [-0.3, -0.25) is 0 Å². The number of nitrogens with one attached hydrogen (secondary N) is 1. The summed E-state index contributed by atoms with van der Waals surface area (Å²) >= 11 is 0. The van der Waals surface area contributed by atoms with Gasteiger partial charge in [-0.2, -0.15) is 5.26 Å². The summed E-state index contributed by atoms with van der Waals surface area (Å²) in [5, 5.41) is 7.32. The molecule has 50 valence electrons. The summed E-state index contributed by atoms with van der Waals surface area (Å²) < 4.78 is 0. The van der Waals surface area contributed by atoms with Crippen LogP contribution in [0.4, 0.5) is 0 Å². The van der Waals surface area contributed by atoms with Crippen LogP contribution in [0.3, 0.4) is 0 Å². The molecule has 0 bridgehead atoms. The Hall–Kier alpha value is -0.570. The van der Waals surface area contributed by atoms with E-state index >= 15 is 0 Å². The monoisotopic (exact) mass is 237 g/mol. The van der Waals surface area contributed by atoms with Crippen molar-refractivity contribution in [2.75, 3.05) is 0 Å². The average molecular weight is 237 g/mol. The molecular formula is C5H8IN3. The van der Waals surface area contributed by atoms with Crippen LogP contribution < -0.4 is 0 Å². The second-order valence-electron chi connectivity index (χ2n) is 0.984. The van der Waals surface area contributed by atoms with Crippen LogP contribution in [-0.4, -0.2) is 9.97 Å². The van der Waals surface area contributed by atoms with Crippen LogP contribution >= 0.6 is 24.0 Å². The molecule has 0 atom stereocenters. The third kappa shape index (κ3) is 11.2. The lowest BCUT2D eigenvalue weighted by Crippen LogP contribution is -1.44. The SMILES string of the molecule is CC#N.I.c1c[nH]cn1. The van der Waals surface area contributed by atoms with Gasteiger partial charge in [0.2, 0.25) is 0 Å². The number of nitrogens with zero attached hydrogens (tertiary/aromatic N) is 2. The van der Waals surface area contributed by atoms with E-state index in [9.17, 15) is 0 Å². The van der Waals surface area contributed by atoms with Crippen LogP contribution in [-0.2, 0) is 0 Å². The van der Waals surface area contributed by atoms with Crippen LogP contribution in [0, 0.1) is 11.3 Å². The highest BCUT2D eigenvalue weighted by atomic mass is 127. The summed E-state index contributed by atoms with van der Waals surface area (Å²) in [7, 11) is 0. The molecule has 1 aromatic rings. The van der Waals surface area contributed by atoms with Crippen molar-refractivity contribution >= 4 is 24.0 Å². The van der Waals surface area contributed by atoms with E-state index in [1.807, 2.05) is 0 Å². The van der Waals surface area contributed by atoms with Crippen molar-refractivity contribution in [3.05, 3.63) is 18.7 Å². The Morgan fingerprint density at radius 2 is 2.22 bits per heavy atom. The van der Waals surface area contributed by atoms with Crippen molar-refractivity contribution in [3.8, 4) is 6.07 Å². The zero-order valence-electron chi connectivity index (χ0n) is 5.03. The molecule has 4 heteroatoms. The Morgan fingerprint density at radius 1 is 1.67 bits per heavy atom. The highest BCUT2D eigenvalue weighted by Crippen LogP contribution is 1.62. The van der Waals surface area contributed by atoms with Gasteiger partial charge < -0.3 is 4.98 Å². The first kappa shape index (κ1) is 11.3. The normalized spacial score (nSPS) is 5.33. The van der Waals surface area contributed by atoms with E-state index in [2.05, 4.69) is 9.97 Å². The molecule has 0 spiro atoms. The number of H-pyrrole nitrogens is 1. The zero-order chi connectivity index (χ0) is 6.24. The molecular weight excluding hydrogens is 229 g/mol.